The summed E-state index contributed by atoms with van der Waals surface area (Å²) in [5.74, 6) is 1.98. The van der Waals surface area contributed by atoms with Crippen LogP contribution in [0.3, 0.4) is 0 Å². The molecule has 8 aromatic carbocycles. The van der Waals surface area contributed by atoms with E-state index in [9.17, 15) is 0 Å². The van der Waals surface area contributed by atoms with E-state index in [1.165, 1.54) is 60.5 Å². The van der Waals surface area contributed by atoms with Crippen molar-refractivity contribution < 1.29 is 0 Å². The fourth-order valence-corrected chi connectivity index (χ4v) is 8.36. The molecule has 0 saturated carbocycles. The maximum Gasteiger partial charge on any atom is 0.164 e. The van der Waals surface area contributed by atoms with Crippen molar-refractivity contribution in [3.63, 3.8) is 0 Å². The van der Waals surface area contributed by atoms with Crippen molar-refractivity contribution in [2.75, 3.05) is 0 Å². The van der Waals surface area contributed by atoms with E-state index in [2.05, 4.69) is 156 Å². The summed E-state index contributed by atoms with van der Waals surface area (Å²) in [6.07, 6.45) is 2.03. The maximum absolute atomic E-state index is 5.07. The van der Waals surface area contributed by atoms with Crippen LogP contribution in [0.2, 0.25) is 0 Å². The Hall–Kier alpha value is -6.91. The summed E-state index contributed by atoms with van der Waals surface area (Å²) >= 11 is 0. The third kappa shape index (κ3) is 4.87. The zero-order chi connectivity index (χ0) is 34.9. The monoisotopic (exact) mass is 676 g/mol. The van der Waals surface area contributed by atoms with Crippen LogP contribution in [0.4, 0.5) is 0 Å². The fourth-order valence-electron chi connectivity index (χ4n) is 8.36. The minimum atomic E-state index is 0.656. The van der Waals surface area contributed by atoms with Crippen LogP contribution in [0, 0.1) is 0 Å². The van der Waals surface area contributed by atoms with Gasteiger partial charge >= 0.3 is 0 Å². The average Bonchev–Trinajstić information content (AvgIpc) is 3.59. The van der Waals surface area contributed by atoms with Gasteiger partial charge in [-0.2, -0.15) is 0 Å². The highest BCUT2D eigenvalue weighted by atomic mass is 15.0. The molecular formula is C49H32N4. The number of fused-ring (bicyclic) bond motifs is 9. The Kier molecular flexibility index (Phi) is 6.65. The molecule has 248 valence electrons. The fraction of sp³-hybridized carbons (Fsp3) is 0.0408. The van der Waals surface area contributed by atoms with Gasteiger partial charge in [0.2, 0.25) is 0 Å². The van der Waals surface area contributed by atoms with Gasteiger partial charge in [0.1, 0.15) is 0 Å². The smallest absolute Gasteiger partial charge is 0.164 e. The molecule has 2 aromatic heterocycles. The third-order valence-electron chi connectivity index (χ3n) is 10.9. The van der Waals surface area contributed by atoms with E-state index in [4.69, 9.17) is 15.0 Å². The first kappa shape index (κ1) is 29.8. The van der Waals surface area contributed by atoms with Crippen LogP contribution in [-0.4, -0.2) is 19.5 Å². The molecule has 0 fully saturated rings. The summed E-state index contributed by atoms with van der Waals surface area (Å²) in [7, 11) is 0. The number of hydrogen-bond donors (Lipinski definition) is 0. The van der Waals surface area contributed by atoms with Gasteiger partial charge in [-0.1, -0.05) is 140 Å². The molecule has 1 aliphatic rings. The van der Waals surface area contributed by atoms with Crippen molar-refractivity contribution in [2.45, 2.75) is 12.8 Å². The number of nitrogens with zero attached hydrogens (tertiary/aromatic N) is 4. The Labute approximate surface area is 306 Å². The van der Waals surface area contributed by atoms with Gasteiger partial charge in [-0.25, -0.2) is 15.0 Å². The molecule has 11 rings (SSSR count). The number of rotatable bonds is 4. The molecular weight excluding hydrogens is 645 g/mol. The number of hydrogen-bond acceptors (Lipinski definition) is 3. The van der Waals surface area contributed by atoms with E-state index in [-0.39, 0.29) is 0 Å². The van der Waals surface area contributed by atoms with Gasteiger partial charge in [-0.05, 0) is 86.6 Å². The second-order valence-electron chi connectivity index (χ2n) is 14.0. The van der Waals surface area contributed by atoms with Crippen molar-refractivity contribution in [1.29, 1.82) is 0 Å². The van der Waals surface area contributed by atoms with Gasteiger partial charge in [-0.3, -0.25) is 0 Å². The zero-order valence-electron chi connectivity index (χ0n) is 28.9. The summed E-state index contributed by atoms with van der Waals surface area (Å²) in [6, 6.07) is 60.7. The van der Waals surface area contributed by atoms with Crippen molar-refractivity contribution in [2.24, 2.45) is 0 Å². The molecule has 0 amide bonds. The maximum atomic E-state index is 5.07. The van der Waals surface area contributed by atoms with Gasteiger partial charge < -0.3 is 4.57 Å². The predicted octanol–water partition coefficient (Wildman–Crippen LogP) is 12.0. The van der Waals surface area contributed by atoms with E-state index in [0.717, 1.165) is 40.3 Å². The van der Waals surface area contributed by atoms with E-state index in [1.807, 2.05) is 18.2 Å². The lowest BCUT2D eigenvalue weighted by molar-refractivity contribution is 0.866. The van der Waals surface area contributed by atoms with E-state index < -0.39 is 0 Å². The molecule has 53 heavy (non-hydrogen) atoms. The molecule has 10 aromatic rings. The second-order valence-corrected chi connectivity index (χ2v) is 14.0. The highest BCUT2D eigenvalue weighted by Gasteiger charge is 2.26. The van der Waals surface area contributed by atoms with Gasteiger partial charge in [0.15, 0.2) is 17.5 Å². The molecule has 0 N–H and O–H groups in total. The molecule has 0 unspecified atom stereocenters. The minimum absolute atomic E-state index is 0.656. The lowest BCUT2D eigenvalue weighted by Crippen LogP contribution is -2.08. The molecule has 4 nitrogen and oxygen atoms in total. The van der Waals surface area contributed by atoms with Crippen LogP contribution in [0.15, 0.2) is 170 Å². The van der Waals surface area contributed by atoms with E-state index >= 15 is 0 Å². The Bertz CT molecular complexity index is 3070. The SMILES string of the molecule is c1ccc(-c2nc(-c3ccc4ccccc4c3)nc(-c3ccc4cc(-n5c6c(c7c8ccccc8ccc75)-c5ccccc5CC6)ccc4c3)n2)cc1. The molecule has 0 atom stereocenters. The topological polar surface area (TPSA) is 43.6 Å². The lowest BCUT2D eigenvalue weighted by Gasteiger charge is -2.20. The summed E-state index contributed by atoms with van der Waals surface area (Å²) in [5.41, 5.74) is 10.8. The number of aryl methyl sites for hydroxylation is 1. The van der Waals surface area contributed by atoms with Crippen LogP contribution in [-0.2, 0) is 12.8 Å². The lowest BCUT2D eigenvalue weighted by atomic mass is 9.87. The van der Waals surface area contributed by atoms with E-state index in [1.54, 1.807) is 0 Å². The molecule has 2 heterocycles. The van der Waals surface area contributed by atoms with Gasteiger partial charge in [-0.15, -0.1) is 0 Å². The highest BCUT2D eigenvalue weighted by molar-refractivity contribution is 6.16. The zero-order valence-corrected chi connectivity index (χ0v) is 28.9. The summed E-state index contributed by atoms with van der Waals surface area (Å²) in [6.45, 7) is 0. The second kappa shape index (κ2) is 11.8. The number of aromatic nitrogens is 4. The Morgan fingerprint density at radius 2 is 1.00 bits per heavy atom. The Morgan fingerprint density at radius 1 is 0.415 bits per heavy atom. The first-order valence-electron chi connectivity index (χ1n) is 18.2. The first-order chi connectivity index (χ1) is 26.2. The molecule has 0 radical (unpaired) electrons. The Morgan fingerprint density at radius 3 is 1.81 bits per heavy atom. The standard InChI is InChI=1S/C49H32N4/c1-2-13-34(14-3-1)47-50-48(38-20-18-31-10-4-5-15-35(31)28-38)52-49(51-47)39-21-19-37-30-40(25-22-36(37)29-39)53-43-26-23-32-11-6-8-16-41(32)45(43)46-42-17-9-7-12-33(42)24-27-44(46)53/h1-23,25-26,28-30H,24,27H2. The van der Waals surface area contributed by atoms with E-state index in [0.29, 0.717) is 17.5 Å². The van der Waals surface area contributed by atoms with Crippen LogP contribution in [0.1, 0.15) is 11.3 Å². The van der Waals surface area contributed by atoms with Crippen molar-refractivity contribution in [1.82, 2.24) is 19.5 Å². The molecule has 0 saturated heterocycles. The molecule has 0 aliphatic heterocycles. The van der Waals surface area contributed by atoms with Crippen LogP contribution >= 0.6 is 0 Å². The predicted molar refractivity (Wildman–Crippen MR) is 218 cm³/mol. The summed E-state index contributed by atoms with van der Waals surface area (Å²) < 4.78 is 2.51. The quantitative estimate of drug-likeness (QED) is 0.186. The van der Waals surface area contributed by atoms with Crippen LogP contribution in [0.25, 0.3) is 94.2 Å². The molecule has 4 heteroatoms. The van der Waals surface area contributed by atoms with Crippen molar-refractivity contribution >= 4 is 43.2 Å². The summed E-state index contributed by atoms with van der Waals surface area (Å²) in [5, 5.41) is 8.57. The Balaban J connectivity index is 1.06. The molecule has 0 bridgehead atoms. The molecule has 0 spiro atoms. The van der Waals surface area contributed by atoms with Crippen LogP contribution < -0.4 is 0 Å². The summed E-state index contributed by atoms with van der Waals surface area (Å²) in [4.78, 5) is 15.1. The van der Waals surface area contributed by atoms with Gasteiger partial charge in [0.05, 0.1) is 5.52 Å². The van der Waals surface area contributed by atoms with Crippen molar-refractivity contribution in [3.8, 4) is 51.0 Å². The first-order valence-corrected chi connectivity index (χ1v) is 18.2. The van der Waals surface area contributed by atoms with Crippen LogP contribution in [0.5, 0.6) is 0 Å². The van der Waals surface area contributed by atoms with Crippen molar-refractivity contribution in [3.05, 3.63) is 181 Å². The van der Waals surface area contributed by atoms with Gasteiger partial charge in [0, 0.05) is 39.0 Å². The molecule has 1 aliphatic carbocycles. The largest absolute Gasteiger partial charge is 0.313 e. The van der Waals surface area contributed by atoms with Gasteiger partial charge in [0.25, 0.3) is 0 Å². The highest BCUT2D eigenvalue weighted by Crippen LogP contribution is 2.45. The third-order valence-corrected chi connectivity index (χ3v) is 10.9. The minimum Gasteiger partial charge on any atom is -0.313 e. The normalized spacial score (nSPS) is 12.4. The average molecular weight is 677 g/mol. The number of benzene rings is 8.